The molecule has 3 rings (SSSR count). The maximum absolute atomic E-state index is 13.3. The predicted octanol–water partition coefficient (Wildman–Crippen LogP) is 2.87. The van der Waals surface area contributed by atoms with Gasteiger partial charge in [-0.2, -0.15) is 0 Å². The second-order valence-corrected chi connectivity index (χ2v) is 9.65. The van der Waals surface area contributed by atoms with Crippen molar-refractivity contribution in [1.82, 2.24) is 19.7 Å². The van der Waals surface area contributed by atoms with Crippen LogP contribution in [0.25, 0.3) is 0 Å². The van der Waals surface area contributed by atoms with Gasteiger partial charge in [0.25, 0.3) is 11.8 Å². The van der Waals surface area contributed by atoms with Crippen LogP contribution < -0.4 is 10.7 Å². The number of hydrogen-bond donors (Lipinski definition) is 1. The highest BCUT2D eigenvalue weighted by molar-refractivity contribution is 5.99. The predicted molar refractivity (Wildman–Crippen MR) is 129 cm³/mol. The molecule has 0 saturated carbocycles. The van der Waals surface area contributed by atoms with Gasteiger partial charge in [-0.15, -0.1) is 0 Å². The summed E-state index contributed by atoms with van der Waals surface area (Å²) in [4.78, 5) is 55.0. The number of piperidine rings is 1. The first-order chi connectivity index (χ1) is 16.3. The summed E-state index contributed by atoms with van der Waals surface area (Å²) in [6.45, 7) is 9.02. The number of likely N-dealkylation sites (tertiary alicyclic amines) is 2. The molecule has 0 aliphatic carbocycles. The Labute approximate surface area is 201 Å². The van der Waals surface area contributed by atoms with Crippen molar-refractivity contribution in [2.75, 3.05) is 32.8 Å². The van der Waals surface area contributed by atoms with Gasteiger partial charge >= 0.3 is 6.09 Å². The normalized spacial score (nSPS) is 17.4. The van der Waals surface area contributed by atoms with E-state index >= 15 is 0 Å². The summed E-state index contributed by atoms with van der Waals surface area (Å²) in [5.74, 6) is -0.476. The molecule has 1 N–H and O–H groups in total. The molecule has 2 fully saturated rings. The third-order valence-corrected chi connectivity index (χ3v) is 6.38. The molecule has 0 unspecified atom stereocenters. The molecule has 0 bridgehead atoms. The van der Waals surface area contributed by atoms with E-state index in [9.17, 15) is 19.2 Å². The quantitative estimate of drug-likeness (QED) is 0.683. The van der Waals surface area contributed by atoms with Gasteiger partial charge in [0.2, 0.25) is 5.43 Å². The maximum atomic E-state index is 13.3. The molecule has 2 saturated heterocycles. The smallest absolute Gasteiger partial charge is 0.409 e. The van der Waals surface area contributed by atoms with E-state index in [1.807, 2.05) is 13.8 Å². The number of hydrogen-bond acceptors (Lipinski definition) is 5. The molecule has 0 radical (unpaired) electrons. The maximum Gasteiger partial charge on any atom is 0.409 e. The zero-order valence-corrected chi connectivity index (χ0v) is 20.7. The minimum absolute atomic E-state index is 0.00542. The Morgan fingerprint density at radius 1 is 0.971 bits per heavy atom. The van der Waals surface area contributed by atoms with Gasteiger partial charge in [-0.25, -0.2) is 4.79 Å². The van der Waals surface area contributed by atoms with Crippen LogP contribution in [0.2, 0.25) is 0 Å². The first-order valence-electron chi connectivity index (χ1n) is 12.6. The lowest BCUT2D eigenvalue weighted by Gasteiger charge is -2.31. The summed E-state index contributed by atoms with van der Waals surface area (Å²) in [6.07, 6.45) is 8.00. The molecule has 3 amide bonds. The van der Waals surface area contributed by atoms with Crippen LogP contribution in [0.4, 0.5) is 4.79 Å². The summed E-state index contributed by atoms with van der Waals surface area (Å²) in [7, 11) is 0. The molecule has 34 heavy (non-hydrogen) atoms. The van der Waals surface area contributed by atoms with Crippen LogP contribution in [0.1, 0.15) is 80.0 Å². The fraction of sp³-hybridized carbons (Fsp3) is 0.680. The van der Waals surface area contributed by atoms with Crippen LogP contribution in [0.5, 0.6) is 0 Å². The van der Waals surface area contributed by atoms with Gasteiger partial charge < -0.3 is 24.4 Å². The summed E-state index contributed by atoms with van der Waals surface area (Å²) in [6, 6.07) is -0.152. The molecule has 0 spiro atoms. The van der Waals surface area contributed by atoms with Gasteiger partial charge in [-0.3, -0.25) is 14.4 Å². The Morgan fingerprint density at radius 2 is 1.59 bits per heavy atom. The molecule has 3 heterocycles. The number of amides is 3. The third kappa shape index (κ3) is 6.61. The zero-order valence-electron chi connectivity index (χ0n) is 20.7. The molecule has 1 aromatic rings. The molecule has 188 valence electrons. The Bertz CT molecular complexity index is 926. The molecule has 9 heteroatoms. The lowest BCUT2D eigenvalue weighted by Crippen LogP contribution is -2.47. The summed E-state index contributed by atoms with van der Waals surface area (Å²) < 4.78 is 6.83. The van der Waals surface area contributed by atoms with Gasteiger partial charge in [0.1, 0.15) is 11.1 Å². The number of carbonyl (C=O) groups excluding carboxylic acids is 3. The van der Waals surface area contributed by atoms with Crippen molar-refractivity contribution < 1.29 is 19.1 Å². The molecule has 1 aromatic heterocycles. The van der Waals surface area contributed by atoms with E-state index in [0.717, 1.165) is 25.7 Å². The number of ether oxygens (including phenoxy) is 1. The lowest BCUT2D eigenvalue weighted by molar-refractivity contribution is 0.0759. The minimum Gasteiger partial charge on any atom is -0.450 e. The van der Waals surface area contributed by atoms with E-state index in [2.05, 4.69) is 5.32 Å². The van der Waals surface area contributed by atoms with Gasteiger partial charge in [0.05, 0.1) is 6.61 Å². The van der Waals surface area contributed by atoms with Crippen LogP contribution in [-0.2, 0) is 11.3 Å². The summed E-state index contributed by atoms with van der Waals surface area (Å²) in [5, 5.41) is 2.95. The number of rotatable bonds is 6. The average Bonchev–Trinajstić information content (AvgIpc) is 3.09. The second kappa shape index (κ2) is 12.0. The molecular weight excluding hydrogens is 436 g/mol. The largest absolute Gasteiger partial charge is 0.450 e. The number of pyridine rings is 1. The van der Waals surface area contributed by atoms with Crippen molar-refractivity contribution in [2.45, 2.75) is 71.9 Å². The van der Waals surface area contributed by atoms with Crippen molar-refractivity contribution in [1.29, 1.82) is 0 Å². The Hall–Kier alpha value is -2.84. The van der Waals surface area contributed by atoms with Gasteiger partial charge in [0.15, 0.2) is 0 Å². The highest BCUT2D eigenvalue weighted by Crippen LogP contribution is 2.15. The SMILES string of the molecule is CCOC(=O)N1CCC(NC(=O)c2cn(CC(C)C)cc(C(=O)N3CCCCCC3)c2=O)CC1. The van der Waals surface area contributed by atoms with E-state index in [1.165, 1.54) is 0 Å². The molecule has 2 aliphatic heterocycles. The van der Waals surface area contributed by atoms with Crippen molar-refractivity contribution in [3.63, 3.8) is 0 Å². The topological polar surface area (TPSA) is 101 Å². The number of aromatic nitrogens is 1. The van der Waals surface area contributed by atoms with Crippen LogP contribution >= 0.6 is 0 Å². The van der Waals surface area contributed by atoms with Crippen molar-refractivity contribution >= 4 is 17.9 Å². The van der Waals surface area contributed by atoms with E-state index in [-0.39, 0.29) is 35.1 Å². The number of nitrogens with zero attached hydrogens (tertiary/aromatic N) is 3. The van der Waals surface area contributed by atoms with Crippen LogP contribution in [0.3, 0.4) is 0 Å². The average molecular weight is 475 g/mol. The highest BCUT2D eigenvalue weighted by atomic mass is 16.6. The molecular formula is C25H38N4O5. The number of carbonyl (C=O) groups is 3. The first-order valence-corrected chi connectivity index (χ1v) is 12.6. The van der Waals surface area contributed by atoms with Crippen molar-refractivity contribution in [2.24, 2.45) is 5.92 Å². The van der Waals surface area contributed by atoms with Crippen molar-refractivity contribution in [3.05, 3.63) is 33.7 Å². The zero-order chi connectivity index (χ0) is 24.7. The van der Waals surface area contributed by atoms with Gasteiger partial charge in [0, 0.05) is 51.2 Å². The monoisotopic (exact) mass is 474 g/mol. The number of nitrogens with one attached hydrogen (secondary N) is 1. The second-order valence-electron chi connectivity index (χ2n) is 9.65. The van der Waals surface area contributed by atoms with E-state index < -0.39 is 11.3 Å². The standard InChI is InChI=1S/C25H38N4O5/c1-4-34-25(33)29-13-9-19(10-14-29)26-23(31)20-16-27(15-18(2)3)17-21(22(20)30)24(32)28-11-7-5-6-8-12-28/h16-19H,4-15H2,1-3H3,(H,26,31). The highest BCUT2D eigenvalue weighted by Gasteiger charge is 2.28. The lowest BCUT2D eigenvalue weighted by atomic mass is 10.0. The van der Waals surface area contributed by atoms with Crippen LogP contribution in [0.15, 0.2) is 17.2 Å². The van der Waals surface area contributed by atoms with Gasteiger partial charge in [-0.1, -0.05) is 26.7 Å². The first kappa shape index (κ1) is 25.8. The molecule has 9 nitrogen and oxygen atoms in total. The Kier molecular flexibility index (Phi) is 9.12. The third-order valence-electron chi connectivity index (χ3n) is 6.38. The molecule has 0 atom stereocenters. The van der Waals surface area contributed by atoms with Crippen molar-refractivity contribution in [3.8, 4) is 0 Å². The van der Waals surface area contributed by atoms with E-state index in [1.54, 1.807) is 33.7 Å². The van der Waals surface area contributed by atoms with Crippen LogP contribution in [0, 0.1) is 5.92 Å². The van der Waals surface area contributed by atoms with E-state index in [0.29, 0.717) is 52.2 Å². The molecule has 0 aromatic carbocycles. The molecule has 2 aliphatic rings. The Morgan fingerprint density at radius 3 is 2.18 bits per heavy atom. The van der Waals surface area contributed by atoms with E-state index in [4.69, 9.17) is 4.74 Å². The fourth-order valence-electron chi connectivity index (χ4n) is 4.60. The van der Waals surface area contributed by atoms with Crippen LogP contribution in [-0.4, -0.2) is 71.1 Å². The summed E-state index contributed by atoms with van der Waals surface area (Å²) in [5.41, 5.74) is -0.461. The Balaban J connectivity index is 1.78. The summed E-state index contributed by atoms with van der Waals surface area (Å²) >= 11 is 0. The minimum atomic E-state index is -0.518. The fourth-order valence-corrected chi connectivity index (χ4v) is 4.60. The van der Waals surface area contributed by atoms with Gasteiger partial charge in [-0.05, 0) is 38.5 Å².